The quantitative estimate of drug-likeness (QED) is 0.463. The first-order valence-corrected chi connectivity index (χ1v) is 9.66. The molecule has 0 aliphatic carbocycles. The van der Waals surface area contributed by atoms with Crippen molar-refractivity contribution in [3.05, 3.63) is 112 Å². The fourth-order valence-corrected chi connectivity index (χ4v) is 3.26. The molecule has 0 saturated carbocycles. The molecule has 0 spiro atoms. The van der Waals surface area contributed by atoms with Gasteiger partial charge in [-0.1, -0.05) is 66.2 Å². The van der Waals surface area contributed by atoms with Crippen LogP contribution in [0.5, 0.6) is 11.5 Å². The van der Waals surface area contributed by atoms with Crippen molar-refractivity contribution >= 4 is 23.5 Å². The number of Topliss-reactive ketones (excluding diaryl/α,β-unsaturated/α-hetero) is 1. The van der Waals surface area contributed by atoms with Gasteiger partial charge in [-0.2, -0.15) is 0 Å². The second-order valence-electron chi connectivity index (χ2n) is 6.76. The zero-order valence-electron chi connectivity index (χ0n) is 15.9. The molecular formula is C25H19ClO3. The summed E-state index contributed by atoms with van der Waals surface area (Å²) in [7, 11) is 0. The summed E-state index contributed by atoms with van der Waals surface area (Å²) >= 11 is 5.91. The molecule has 1 aliphatic heterocycles. The summed E-state index contributed by atoms with van der Waals surface area (Å²) in [5.74, 6) is 1.38. The molecule has 0 radical (unpaired) electrons. The van der Waals surface area contributed by atoms with Gasteiger partial charge in [0.25, 0.3) is 0 Å². The highest BCUT2D eigenvalue weighted by molar-refractivity contribution is 6.30. The molecule has 29 heavy (non-hydrogen) atoms. The maximum atomic E-state index is 12.7. The fraction of sp³-hybridized carbons (Fsp3) is 0.0800. The van der Waals surface area contributed by atoms with Crippen LogP contribution in [0.4, 0.5) is 0 Å². The van der Waals surface area contributed by atoms with E-state index in [-0.39, 0.29) is 5.78 Å². The van der Waals surface area contributed by atoms with Crippen LogP contribution in [-0.4, -0.2) is 5.78 Å². The Morgan fingerprint density at radius 2 is 1.79 bits per heavy atom. The van der Waals surface area contributed by atoms with Crippen LogP contribution in [0.2, 0.25) is 5.02 Å². The van der Waals surface area contributed by atoms with Crippen LogP contribution in [0.1, 0.15) is 27.0 Å². The maximum Gasteiger partial charge on any atom is 0.232 e. The first kappa shape index (κ1) is 19.0. The molecule has 0 amide bonds. The summed E-state index contributed by atoms with van der Waals surface area (Å²) < 4.78 is 11.7. The van der Waals surface area contributed by atoms with Gasteiger partial charge in [-0.3, -0.25) is 4.79 Å². The zero-order chi connectivity index (χ0) is 20.2. The number of hydrogen-bond acceptors (Lipinski definition) is 3. The number of hydrogen-bond donors (Lipinski definition) is 0. The van der Waals surface area contributed by atoms with E-state index >= 15 is 0 Å². The summed E-state index contributed by atoms with van der Waals surface area (Å²) in [5, 5.41) is 0.690. The second-order valence-corrected chi connectivity index (χ2v) is 7.20. The first-order chi connectivity index (χ1) is 14.1. The van der Waals surface area contributed by atoms with Crippen LogP contribution in [-0.2, 0) is 6.61 Å². The molecule has 0 atom stereocenters. The molecule has 3 aromatic rings. The minimum atomic E-state index is -0.112. The van der Waals surface area contributed by atoms with Crippen molar-refractivity contribution in [1.29, 1.82) is 0 Å². The molecule has 3 aromatic carbocycles. The van der Waals surface area contributed by atoms with Gasteiger partial charge in [0.15, 0.2) is 5.76 Å². The monoisotopic (exact) mass is 402 g/mol. The highest BCUT2D eigenvalue weighted by Gasteiger charge is 2.29. The SMILES string of the molecule is Cc1cc(OCc2ccc(Cl)cc2)cc2c1C(=O)/C(=C/C=C/c1ccccc1)O2. The third-order valence-corrected chi connectivity index (χ3v) is 4.85. The number of benzene rings is 3. The number of carbonyl (C=O) groups is 1. The normalized spacial score (nSPS) is 14.3. The highest BCUT2D eigenvalue weighted by Crippen LogP contribution is 2.37. The van der Waals surface area contributed by atoms with E-state index in [1.54, 1.807) is 12.1 Å². The number of ketones is 1. The van der Waals surface area contributed by atoms with Crippen LogP contribution in [0.3, 0.4) is 0 Å². The lowest BCUT2D eigenvalue weighted by Crippen LogP contribution is -1.99. The molecule has 4 rings (SSSR count). The molecule has 0 unspecified atom stereocenters. The van der Waals surface area contributed by atoms with Gasteiger partial charge >= 0.3 is 0 Å². The molecular weight excluding hydrogens is 384 g/mol. The Morgan fingerprint density at radius 1 is 1.03 bits per heavy atom. The van der Waals surface area contributed by atoms with E-state index in [4.69, 9.17) is 21.1 Å². The zero-order valence-corrected chi connectivity index (χ0v) is 16.6. The predicted molar refractivity (Wildman–Crippen MR) is 115 cm³/mol. The molecule has 0 saturated heterocycles. The number of fused-ring (bicyclic) bond motifs is 1. The smallest absolute Gasteiger partial charge is 0.232 e. The largest absolute Gasteiger partial charge is 0.489 e. The van der Waals surface area contributed by atoms with E-state index in [2.05, 4.69) is 0 Å². The first-order valence-electron chi connectivity index (χ1n) is 9.28. The average molecular weight is 403 g/mol. The van der Waals surface area contributed by atoms with E-state index in [0.29, 0.717) is 34.5 Å². The second kappa shape index (κ2) is 8.38. The minimum Gasteiger partial charge on any atom is -0.489 e. The van der Waals surface area contributed by atoms with Crippen molar-refractivity contribution in [2.75, 3.05) is 0 Å². The Kier molecular flexibility index (Phi) is 5.50. The van der Waals surface area contributed by atoms with Gasteiger partial charge in [0.1, 0.15) is 18.1 Å². The molecule has 0 fully saturated rings. The Morgan fingerprint density at radius 3 is 2.55 bits per heavy atom. The lowest BCUT2D eigenvalue weighted by Gasteiger charge is -2.09. The maximum absolute atomic E-state index is 12.7. The number of ether oxygens (including phenoxy) is 2. The third kappa shape index (κ3) is 4.41. The highest BCUT2D eigenvalue weighted by atomic mass is 35.5. The van der Waals surface area contributed by atoms with Crippen molar-refractivity contribution < 1.29 is 14.3 Å². The van der Waals surface area contributed by atoms with Crippen molar-refractivity contribution in [3.8, 4) is 11.5 Å². The summed E-state index contributed by atoms with van der Waals surface area (Å²) in [6.45, 7) is 2.30. The van der Waals surface area contributed by atoms with Gasteiger partial charge in [-0.05, 0) is 47.9 Å². The van der Waals surface area contributed by atoms with Crippen molar-refractivity contribution in [3.63, 3.8) is 0 Å². The van der Waals surface area contributed by atoms with Crippen LogP contribution < -0.4 is 9.47 Å². The molecule has 3 nitrogen and oxygen atoms in total. The average Bonchev–Trinajstić information content (AvgIpc) is 3.04. The van der Waals surface area contributed by atoms with Crippen molar-refractivity contribution in [2.45, 2.75) is 13.5 Å². The molecule has 144 valence electrons. The molecule has 1 heterocycles. The summed E-state index contributed by atoms with van der Waals surface area (Å²) in [6, 6.07) is 21.0. The van der Waals surface area contributed by atoms with Gasteiger partial charge in [0, 0.05) is 11.1 Å². The molecule has 0 aromatic heterocycles. The van der Waals surface area contributed by atoms with E-state index in [1.807, 2.05) is 79.7 Å². The van der Waals surface area contributed by atoms with E-state index in [9.17, 15) is 4.79 Å². The molecule has 1 aliphatic rings. The van der Waals surface area contributed by atoms with Crippen LogP contribution >= 0.6 is 11.6 Å². The summed E-state index contributed by atoms with van der Waals surface area (Å²) in [5.41, 5.74) is 3.48. The standard InChI is InChI=1S/C25H19ClO3/c1-17-14-21(28-16-19-10-12-20(26)13-11-19)15-23-24(17)25(27)22(29-23)9-5-8-18-6-3-2-4-7-18/h2-15H,16H2,1H3/b8-5+,22-9-. The number of halogens is 1. The van der Waals surface area contributed by atoms with Crippen LogP contribution in [0.25, 0.3) is 6.08 Å². The third-order valence-electron chi connectivity index (χ3n) is 4.60. The Labute approximate surface area is 174 Å². The molecule has 0 bridgehead atoms. The molecule has 4 heteroatoms. The van der Waals surface area contributed by atoms with Crippen molar-refractivity contribution in [1.82, 2.24) is 0 Å². The van der Waals surface area contributed by atoms with Gasteiger partial charge in [0.05, 0.1) is 5.56 Å². The van der Waals surface area contributed by atoms with E-state index in [1.165, 1.54) is 0 Å². The van der Waals surface area contributed by atoms with Gasteiger partial charge < -0.3 is 9.47 Å². The number of rotatable bonds is 5. The van der Waals surface area contributed by atoms with Crippen molar-refractivity contribution in [2.24, 2.45) is 0 Å². The Hall–Kier alpha value is -3.30. The fourth-order valence-electron chi connectivity index (χ4n) is 3.13. The minimum absolute atomic E-state index is 0.112. The van der Waals surface area contributed by atoms with Gasteiger partial charge in [-0.15, -0.1) is 0 Å². The Bertz CT molecular complexity index is 1100. The lowest BCUT2D eigenvalue weighted by atomic mass is 10.0. The van der Waals surface area contributed by atoms with Crippen LogP contribution in [0, 0.1) is 6.92 Å². The van der Waals surface area contributed by atoms with E-state index in [0.717, 1.165) is 16.7 Å². The van der Waals surface area contributed by atoms with E-state index < -0.39 is 0 Å². The number of allylic oxidation sites excluding steroid dienone is 3. The van der Waals surface area contributed by atoms with Crippen LogP contribution in [0.15, 0.2) is 84.6 Å². The summed E-state index contributed by atoms with van der Waals surface area (Å²) in [4.78, 5) is 12.7. The molecule has 0 N–H and O–H groups in total. The number of carbonyl (C=O) groups excluding carboxylic acids is 1. The topological polar surface area (TPSA) is 35.5 Å². The van der Waals surface area contributed by atoms with Gasteiger partial charge in [-0.25, -0.2) is 0 Å². The Balaban J connectivity index is 1.49. The summed E-state index contributed by atoms with van der Waals surface area (Å²) in [6.07, 6.45) is 5.45. The number of aryl methyl sites for hydroxylation is 1. The predicted octanol–water partition coefficient (Wildman–Crippen LogP) is 6.40. The lowest BCUT2D eigenvalue weighted by molar-refractivity contribution is 0.101. The van der Waals surface area contributed by atoms with Gasteiger partial charge in [0.2, 0.25) is 5.78 Å².